The van der Waals surface area contributed by atoms with Gasteiger partial charge >= 0.3 is 5.97 Å². The summed E-state index contributed by atoms with van der Waals surface area (Å²) in [5, 5.41) is -0.594. The predicted octanol–water partition coefficient (Wildman–Crippen LogP) is 4.08. The molecular formula is C19H30O4Si. The second-order valence-corrected chi connectivity index (χ2v) is 11.8. The van der Waals surface area contributed by atoms with Crippen LogP contribution in [0.2, 0.25) is 13.1 Å². The Morgan fingerprint density at radius 3 is 2.42 bits per heavy atom. The highest BCUT2D eigenvalue weighted by Crippen LogP contribution is 2.28. The van der Waals surface area contributed by atoms with Crippen LogP contribution in [-0.2, 0) is 19.0 Å². The molecular weight excluding hydrogens is 320 g/mol. The summed E-state index contributed by atoms with van der Waals surface area (Å²) in [5.74, 6) is -0.268. The van der Waals surface area contributed by atoms with E-state index in [9.17, 15) is 4.79 Å². The molecule has 0 amide bonds. The van der Waals surface area contributed by atoms with Gasteiger partial charge < -0.3 is 14.2 Å². The highest BCUT2D eigenvalue weighted by Gasteiger charge is 2.44. The third-order valence-corrected chi connectivity index (χ3v) is 8.25. The van der Waals surface area contributed by atoms with Gasteiger partial charge in [0.15, 0.2) is 0 Å². The number of hydrogen-bond acceptors (Lipinski definition) is 4. The molecule has 0 heterocycles. The van der Waals surface area contributed by atoms with Crippen molar-refractivity contribution in [2.24, 2.45) is 0 Å². The van der Waals surface area contributed by atoms with Crippen LogP contribution in [0.3, 0.4) is 0 Å². The molecule has 0 N–H and O–H groups in total. The van der Waals surface area contributed by atoms with E-state index < -0.39 is 13.3 Å². The van der Waals surface area contributed by atoms with Crippen molar-refractivity contribution in [3.8, 4) is 0 Å². The molecule has 5 heteroatoms. The second kappa shape index (κ2) is 9.16. The van der Waals surface area contributed by atoms with Gasteiger partial charge in [-0.1, -0.05) is 49.5 Å². The van der Waals surface area contributed by atoms with E-state index in [4.69, 9.17) is 14.2 Å². The predicted molar refractivity (Wildman–Crippen MR) is 99.5 cm³/mol. The smallest absolute Gasteiger partial charge is 0.303 e. The summed E-state index contributed by atoms with van der Waals surface area (Å²) in [6.07, 6.45) is 4.38. The number of carbonyl (C=O) groups excluding carboxylic acids is 1. The van der Waals surface area contributed by atoms with Gasteiger partial charge in [-0.3, -0.25) is 4.79 Å². The number of hydrogen-bond donors (Lipinski definition) is 0. The second-order valence-electron chi connectivity index (χ2n) is 6.73. The van der Waals surface area contributed by atoms with E-state index in [1.54, 1.807) is 7.11 Å². The van der Waals surface area contributed by atoms with Gasteiger partial charge in [0, 0.05) is 20.3 Å². The standard InChI is InChI=1S/C19H30O4Si/c1-7-13-19(3,23-16(2)20)24(5,6)15-22-14-18(21-4)17-11-9-8-10-12-17/h7-13,18H,14-15H2,1-6H3/b13-7+/t18-,19+/m1/s1. The Bertz CT molecular complexity index is 542. The van der Waals surface area contributed by atoms with Gasteiger partial charge in [-0.15, -0.1) is 0 Å². The van der Waals surface area contributed by atoms with Crippen molar-refractivity contribution in [3.63, 3.8) is 0 Å². The molecule has 2 atom stereocenters. The molecule has 0 aliphatic rings. The van der Waals surface area contributed by atoms with Crippen LogP contribution < -0.4 is 0 Å². The number of methoxy groups -OCH3 is 1. The van der Waals surface area contributed by atoms with Crippen molar-refractivity contribution in [2.75, 3.05) is 19.9 Å². The van der Waals surface area contributed by atoms with E-state index in [2.05, 4.69) is 13.1 Å². The number of benzene rings is 1. The van der Waals surface area contributed by atoms with Crippen LogP contribution in [0.4, 0.5) is 0 Å². The first-order chi connectivity index (χ1) is 11.3. The Morgan fingerprint density at radius 2 is 1.92 bits per heavy atom. The van der Waals surface area contributed by atoms with Crippen LogP contribution in [0.5, 0.6) is 0 Å². The zero-order chi connectivity index (χ0) is 18.2. The number of rotatable bonds is 9. The lowest BCUT2D eigenvalue weighted by Crippen LogP contribution is -2.57. The molecule has 134 valence electrons. The molecule has 0 fully saturated rings. The van der Waals surface area contributed by atoms with E-state index >= 15 is 0 Å². The number of ether oxygens (including phenoxy) is 3. The van der Waals surface area contributed by atoms with E-state index in [0.29, 0.717) is 12.8 Å². The number of esters is 1. The van der Waals surface area contributed by atoms with Crippen molar-refractivity contribution in [1.82, 2.24) is 0 Å². The molecule has 0 radical (unpaired) electrons. The minimum Gasteiger partial charge on any atom is -0.459 e. The maximum absolute atomic E-state index is 11.5. The lowest BCUT2D eigenvalue weighted by Gasteiger charge is -2.39. The topological polar surface area (TPSA) is 44.8 Å². The van der Waals surface area contributed by atoms with Crippen LogP contribution in [0.25, 0.3) is 0 Å². The first-order valence-electron chi connectivity index (χ1n) is 8.24. The SMILES string of the molecule is C/C=C/[C@@](C)(OC(C)=O)[Si](C)(C)COC[C@@H](OC)c1ccccc1. The van der Waals surface area contributed by atoms with Crippen molar-refractivity contribution in [1.29, 1.82) is 0 Å². The largest absolute Gasteiger partial charge is 0.459 e. The molecule has 1 aromatic carbocycles. The van der Waals surface area contributed by atoms with Crippen molar-refractivity contribution in [3.05, 3.63) is 48.0 Å². The summed E-state index contributed by atoms with van der Waals surface area (Å²) >= 11 is 0. The van der Waals surface area contributed by atoms with Crippen LogP contribution in [0, 0.1) is 0 Å². The molecule has 0 aliphatic heterocycles. The fraction of sp³-hybridized carbons (Fsp3) is 0.526. The summed E-state index contributed by atoms with van der Waals surface area (Å²) in [5.41, 5.74) is 1.09. The molecule has 0 aromatic heterocycles. The van der Waals surface area contributed by atoms with Gasteiger partial charge in [0.2, 0.25) is 0 Å². The Balaban J connectivity index is 2.73. The fourth-order valence-corrected chi connectivity index (χ4v) is 4.50. The normalized spacial score (nSPS) is 15.9. The van der Waals surface area contributed by atoms with Gasteiger partial charge in [0.1, 0.15) is 19.4 Å². The van der Waals surface area contributed by atoms with Crippen LogP contribution in [0.1, 0.15) is 32.4 Å². The highest BCUT2D eigenvalue weighted by atomic mass is 28.3. The summed E-state index contributed by atoms with van der Waals surface area (Å²) in [6, 6.07) is 10.0. The van der Waals surface area contributed by atoms with Crippen LogP contribution in [0.15, 0.2) is 42.5 Å². The molecule has 1 aromatic rings. The molecule has 0 saturated carbocycles. The molecule has 24 heavy (non-hydrogen) atoms. The molecule has 4 nitrogen and oxygen atoms in total. The first-order valence-corrected chi connectivity index (χ1v) is 11.5. The van der Waals surface area contributed by atoms with Crippen molar-refractivity contribution >= 4 is 14.0 Å². The minimum atomic E-state index is -2.03. The zero-order valence-electron chi connectivity index (χ0n) is 15.7. The van der Waals surface area contributed by atoms with Gasteiger partial charge in [0.05, 0.1) is 6.61 Å². The molecule has 0 aliphatic carbocycles. The highest BCUT2D eigenvalue weighted by molar-refractivity contribution is 6.80. The summed E-state index contributed by atoms with van der Waals surface area (Å²) in [6.45, 7) is 10.2. The summed E-state index contributed by atoms with van der Waals surface area (Å²) in [7, 11) is -0.342. The lowest BCUT2D eigenvalue weighted by molar-refractivity contribution is -0.146. The van der Waals surface area contributed by atoms with E-state index in [-0.39, 0.29) is 12.1 Å². The minimum absolute atomic E-state index is 0.0994. The summed E-state index contributed by atoms with van der Waals surface area (Å²) in [4.78, 5) is 11.5. The average molecular weight is 351 g/mol. The van der Waals surface area contributed by atoms with Gasteiger partial charge in [-0.05, 0) is 25.5 Å². The average Bonchev–Trinajstić information content (AvgIpc) is 2.51. The van der Waals surface area contributed by atoms with E-state index in [1.165, 1.54) is 6.92 Å². The molecule has 0 spiro atoms. The Hall–Kier alpha value is -1.43. The maximum atomic E-state index is 11.5. The Kier molecular flexibility index (Phi) is 7.86. The number of carbonyl (C=O) groups is 1. The lowest BCUT2D eigenvalue weighted by atomic mass is 10.1. The van der Waals surface area contributed by atoms with E-state index in [1.807, 2.05) is 56.3 Å². The van der Waals surface area contributed by atoms with Gasteiger partial charge in [0.25, 0.3) is 0 Å². The van der Waals surface area contributed by atoms with Gasteiger partial charge in [-0.25, -0.2) is 0 Å². The first kappa shape index (κ1) is 20.6. The Labute approximate surface area is 146 Å². The third kappa shape index (κ3) is 5.58. The van der Waals surface area contributed by atoms with E-state index in [0.717, 1.165) is 5.56 Å². The van der Waals surface area contributed by atoms with Crippen molar-refractivity contribution in [2.45, 2.75) is 45.2 Å². The van der Waals surface area contributed by atoms with Crippen molar-refractivity contribution < 1.29 is 19.0 Å². The monoisotopic (exact) mass is 350 g/mol. The van der Waals surface area contributed by atoms with Crippen LogP contribution >= 0.6 is 0 Å². The molecule has 0 bridgehead atoms. The van der Waals surface area contributed by atoms with Crippen LogP contribution in [-0.4, -0.2) is 39.2 Å². The molecule has 0 unspecified atom stereocenters. The maximum Gasteiger partial charge on any atom is 0.303 e. The van der Waals surface area contributed by atoms with Gasteiger partial charge in [-0.2, -0.15) is 0 Å². The quantitative estimate of drug-likeness (QED) is 0.382. The molecule has 1 rings (SSSR count). The number of allylic oxidation sites excluding steroid dienone is 1. The zero-order valence-corrected chi connectivity index (χ0v) is 16.7. The summed E-state index contributed by atoms with van der Waals surface area (Å²) < 4.78 is 17.2. The Morgan fingerprint density at radius 1 is 1.29 bits per heavy atom. The molecule has 0 saturated heterocycles. The third-order valence-electron chi connectivity index (χ3n) is 4.37. The fourth-order valence-electron chi connectivity index (χ4n) is 2.55.